The predicted octanol–water partition coefficient (Wildman–Crippen LogP) is 1.20. The van der Waals surface area contributed by atoms with Crippen molar-refractivity contribution in [2.75, 3.05) is 24.7 Å². The van der Waals surface area contributed by atoms with Gasteiger partial charge in [-0.1, -0.05) is 30.3 Å². The summed E-state index contributed by atoms with van der Waals surface area (Å²) in [6.45, 7) is 2.16. The molecule has 0 radical (unpaired) electrons. The van der Waals surface area contributed by atoms with E-state index >= 15 is 0 Å². The maximum Gasteiger partial charge on any atom is 0.240 e. The average molecular weight is 333 g/mol. The molecule has 6 heteroatoms. The van der Waals surface area contributed by atoms with Crippen molar-refractivity contribution >= 4 is 23.6 Å². The molecule has 2 saturated heterocycles. The number of nitrogens with zero attached hydrogens (tertiary/aromatic N) is 1. The van der Waals surface area contributed by atoms with Crippen LogP contribution >= 0.6 is 11.8 Å². The van der Waals surface area contributed by atoms with Crippen LogP contribution < -0.4 is 10.6 Å². The molecule has 124 valence electrons. The molecule has 2 heterocycles. The highest BCUT2D eigenvalue weighted by Gasteiger charge is 2.34. The molecule has 2 aliphatic heterocycles. The van der Waals surface area contributed by atoms with Crippen LogP contribution in [0.3, 0.4) is 0 Å². The number of carbonyl (C=O) groups excluding carboxylic acids is 2. The second-order valence-corrected chi connectivity index (χ2v) is 7.24. The van der Waals surface area contributed by atoms with E-state index in [1.165, 1.54) is 0 Å². The fourth-order valence-electron chi connectivity index (χ4n) is 3.09. The van der Waals surface area contributed by atoms with Crippen LogP contribution in [0.4, 0.5) is 0 Å². The third-order valence-corrected chi connectivity index (χ3v) is 5.36. The zero-order valence-electron chi connectivity index (χ0n) is 13.2. The third-order valence-electron chi connectivity index (χ3n) is 4.39. The number of benzene rings is 1. The van der Waals surface area contributed by atoms with Gasteiger partial charge in [0.1, 0.15) is 0 Å². The van der Waals surface area contributed by atoms with Gasteiger partial charge in [0, 0.05) is 25.3 Å². The Morgan fingerprint density at radius 1 is 1.30 bits per heavy atom. The lowest BCUT2D eigenvalue weighted by Crippen LogP contribution is -2.42. The van der Waals surface area contributed by atoms with E-state index in [1.54, 1.807) is 11.8 Å². The van der Waals surface area contributed by atoms with E-state index in [9.17, 15) is 9.59 Å². The molecule has 0 saturated carbocycles. The van der Waals surface area contributed by atoms with Crippen LogP contribution in [-0.4, -0.2) is 47.5 Å². The van der Waals surface area contributed by atoms with Crippen LogP contribution in [0.1, 0.15) is 18.4 Å². The molecule has 1 aromatic carbocycles. The molecule has 5 nitrogen and oxygen atoms in total. The molecular weight excluding hydrogens is 310 g/mol. The lowest BCUT2D eigenvalue weighted by atomic mass is 10.0. The predicted molar refractivity (Wildman–Crippen MR) is 91.8 cm³/mol. The standard InChI is InChI=1S/C17H23N3O2S/c21-16(19-10-13-4-2-1-3-5-13)9-14-8-15(18-11-14)17(22)20-6-7-23-12-20/h1-5,14-15,18H,6-12H2,(H,19,21)/t14?,15-/m0/s1. The topological polar surface area (TPSA) is 61.4 Å². The molecule has 0 bridgehead atoms. The smallest absolute Gasteiger partial charge is 0.240 e. The van der Waals surface area contributed by atoms with Crippen molar-refractivity contribution in [3.8, 4) is 0 Å². The first kappa shape index (κ1) is 16.3. The number of carbonyl (C=O) groups is 2. The van der Waals surface area contributed by atoms with Crippen LogP contribution in [0.2, 0.25) is 0 Å². The molecule has 2 N–H and O–H groups in total. The Balaban J connectivity index is 1.40. The van der Waals surface area contributed by atoms with E-state index in [1.807, 2.05) is 35.2 Å². The zero-order chi connectivity index (χ0) is 16.1. The van der Waals surface area contributed by atoms with Gasteiger partial charge in [-0.05, 0) is 24.4 Å². The molecule has 0 aliphatic carbocycles. The molecule has 2 fully saturated rings. The van der Waals surface area contributed by atoms with Gasteiger partial charge >= 0.3 is 0 Å². The number of nitrogens with one attached hydrogen (secondary N) is 2. The summed E-state index contributed by atoms with van der Waals surface area (Å²) < 4.78 is 0. The Bertz CT molecular complexity index is 546. The summed E-state index contributed by atoms with van der Waals surface area (Å²) >= 11 is 1.80. The quantitative estimate of drug-likeness (QED) is 0.850. The molecule has 3 rings (SSSR count). The van der Waals surface area contributed by atoms with E-state index in [0.29, 0.717) is 13.0 Å². The molecule has 1 aromatic rings. The first-order chi connectivity index (χ1) is 11.2. The summed E-state index contributed by atoms with van der Waals surface area (Å²) in [7, 11) is 0. The summed E-state index contributed by atoms with van der Waals surface area (Å²) in [6, 6.07) is 9.79. The molecular formula is C17H23N3O2S. The molecule has 0 aromatic heterocycles. The van der Waals surface area contributed by atoms with E-state index < -0.39 is 0 Å². The Morgan fingerprint density at radius 2 is 2.13 bits per heavy atom. The molecule has 2 atom stereocenters. The van der Waals surface area contributed by atoms with Gasteiger partial charge in [-0.2, -0.15) is 0 Å². The van der Waals surface area contributed by atoms with Crippen LogP contribution in [0.15, 0.2) is 30.3 Å². The third kappa shape index (κ3) is 4.48. The van der Waals surface area contributed by atoms with E-state index in [4.69, 9.17) is 0 Å². The van der Waals surface area contributed by atoms with Crippen LogP contribution in [0.5, 0.6) is 0 Å². The molecule has 2 amide bonds. The zero-order valence-corrected chi connectivity index (χ0v) is 14.0. The van der Waals surface area contributed by atoms with E-state index in [2.05, 4.69) is 10.6 Å². The van der Waals surface area contributed by atoms with Crippen LogP contribution in [0.25, 0.3) is 0 Å². The van der Waals surface area contributed by atoms with Gasteiger partial charge in [0.05, 0.1) is 11.9 Å². The molecule has 23 heavy (non-hydrogen) atoms. The largest absolute Gasteiger partial charge is 0.352 e. The van der Waals surface area contributed by atoms with Gasteiger partial charge in [-0.25, -0.2) is 0 Å². The fraction of sp³-hybridized carbons (Fsp3) is 0.529. The second kappa shape index (κ2) is 7.84. The Hall–Kier alpha value is -1.53. The summed E-state index contributed by atoms with van der Waals surface area (Å²) in [5.74, 6) is 2.34. The summed E-state index contributed by atoms with van der Waals surface area (Å²) in [5, 5.41) is 6.24. The van der Waals surface area contributed by atoms with Gasteiger partial charge in [-0.15, -0.1) is 11.8 Å². The molecule has 2 aliphatic rings. The van der Waals surface area contributed by atoms with Gasteiger partial charge in [0.15, 0.2) is 0 Å². The Kier molecular flexibility index (Phi) is 5.56. The second-order valence-electron chi connectivity index (χ2n) is 6.17. The minimum atomic E-state index is -0.111. The number of amides is 2. The Labute approximate surface area is 141 Å². The highest BCUT2D eigenvalue weighted by atomic mass is 32.2. The van der Waals surface area contributed by atoms with Gasteiger partial charge in [0.25, 0.3) is 0 Å². The minimum absolute atomic E-state index is 0.0606. The molecule has 1 unspecified atom stereocenters. The first-order valence-electron chi connectivity index (χ1n) is 8.13. The number of rotatable bonds is 5. The lowest BCUT2D eigenvalue weighted by Gasteiger charge is -2.19. The normalized spacial score (nSPS) is 23.9. The van der Waals surface area contributed by atoms with Crippen molar-refractivity contribution in [1.29, 1.82) is 0 Å². The summed E-state index contributed by atoms with van der Waals surface area (Å²) in [4.78, 5) is 26.3. The van der Waals surface area contributed by atoms with E-state index in [-0.39, 0.29) is 23.8 Å². The van der Waals surface area contributed by atoms with E-state index in [0.717, 1.165) is 36.7 Å². The van der Waals surface area contributed by atoms with Crippen molar-refractivity contribution in [3.05, 3.63) is 35.9 Å². The molecule has 0 spiro atoms. The maximum absolute atomic E-state index is 12.3. The van der Waals surface area contributed by atoms with Gasteiger partial charge in [-0.3, -0.25) is 9.59 Å². The Morgan fingerprint density at radius 3 is 2.87 bits per heavy atom. The monoisotopic (exact) mass is 333 g/mol. The van der Waals surface area contributed by atoms with Crippen LogP contribution in [-0.2, 0) is 16.1 Å². The van der Waals surface area contributed by atoms with Crippen molar-refractivity contribution in [2.45, 2.75) is 25.4 Å². The van der Waals surface area contributed by atoms with Crippen molar-refractivity contribution in [1.82, 2.24) is 15.5 Å². The highest BCUT2D eigenvalue weighted by Crippen LogP contribution is 2.22. The number of thioether (sulfide) groups is 1. The fourth-order valence-corrected chi connectivity index (χ4v) is 4.05. The van der Waals surface area contributed by atoms with Crippen molar-refractivity contribution in [2.24, 2.45) is 5.92 Å². The number of hydrogen-bond donors (Lipinski definition) is 2. The average Bonchev–Trinajstić information content (AvgIpc) is 3.25. The summed E-state index contributed by atoms with van der Waals surface area (Å²) in [6.07, 6.45) is 1.25. The summed E-state index contributed by atoms with van der Waals surface area (Å²) in [5.41, 5.74) is 1.10. The maximum atomic E-state index is 12.3. The van der Waals surface area contributed by atoms with Crippen LogP contribution in [0, 0.1) is 5.92 Å². The highest BCUT2D eigenvalue weighted by molar-refractivity contribution is 7.99. The van der Waals surface area contributed by atoms with Crippen molar-refractivity contribution in [3.63, 3.8) is 0 Å². The number of hydrogen-bond acceptors (Lipinski definition) is 4. The van der Waals surface area contributed by atoms with Gasteiger partial charge < -0.3 is 15.5 Å². The minimum Gasteiger partial charge on any atom is -0.352 e. The van der Waals surface area contributed by atoms with Gasteiger partial charge in [0.2, 0.25) is 11.8 Å². The SMILES string of the molecule is O=C(CC1CN[C@H](C(=O)N2CCSC2)C1)NCc1ccccc1. The van der Waals surface area contributed by atoms with Crippen molar-refractivity contribution < 1.29 is 9.59 Å². The lowest BCUT2D eigenvalue weighted by molar-refractivity contribution is -0.131. The first-order valence-corrected chi connectivity index (χ1v) is 9.28.